The number of amides is 2. The van der Waals surface area contributed by atoms with Gasteiger partial charge in [-0.05, 0) is 51.3 Å². The molecule has 1 heterocycles. The number of carbonyl (C=O) groups excluding carboxylic acids is 2. The Kier molecular flexibility index (Phi) is 9.99. The first-order valence-corrected chi connectivity index (χ1v) is 13.4. The molecule has 0 saturated heterocycles. The molecule has 220 valence electrons. The molecule has 15 heteroatoms. The van der Waals surface area contributed by atoms with E-state index in [1.807, 2.05) is 0 Å². The molecule has 0 aliphatic heterocycles. The summed E-state index contributed by atoms with van der Waals surface area (Å²) in [5.41, 5.74) is 2.48. The lowest BCUT2D eigenvalue weighted by molar-refractivity contribution is 0.0186. The van der Waals surface area contributed by atoms with Gasteiger partial charge in [0.1, 0.15) is 16.7 Å². The fraction of sp³-hybridized carbons (Fsp3) is 0.385. The van der Waals surface area contributed by atoms with E-state index in [2.05, 4.69) is 10.3 Å². The third kappa shape index (κ3) is 6.97. The maximum Gasteiger partial charge on any atom is 0.411 e. The molecule has 1 aromatic heterocycles. The molecule has 41 heavy (non-hydrogen) atoms. The van der Waals surface area contributed by atoms with E-state index in [1.54, 1.807) is 14.0 Å². The lowest BCUT2D eigenvalue weighted by Gasteiger charge is -2.47. The van der Waals surface area contributed by atoms with Crippen molar-refractivity contribution >= 4 is 39.7 Å². The number of H-pyrrole nitrogens is 1. The Morgan fingerprint density at radius 1 is 1.27 bits per heavy atom. The second kappa shape index (κ2) is 13.0. The molecule has 12 nitrogen and oxygen atoms in total. The van der Waals surface area contributed by atoms with Crippen molar-refractivity contribution in [2.75, 3.05) is 13.6 Å². The zero-order valence-corrected chi connectivity index (χ0v) is 23.2. The lowest BCUT2D eigenvalue weighted by Crippen LogP contribution is -2.61. The van der Waals surface area contributed by atoms with Crippen molar-refractivity contribution in [2.45, 2.75) is 44.7 Å². The Hall–Kier alpha value is -4.11. The minimum absolute atomic E-state index is 0.0405. The van der Waals surface area contributed by atoms with Gasteiger partial charge in [-0.25, -0.2) is 13.6 Å². The van der Waals surface area contributed by atoms with Gasteiger partial charge in [0.15, 0.2) is 17.3 Å². The van der Waals surface area contributed by atoms with E-state index < -0.39 is 45.5 Å². The molecule has 0 radical (unpaired) electrons. The van der Waals surface area contributed by atoms with Gasteiger partial charge in [-0.3, -0.25) is 31.1 Å². The van der Waals surface area contributed by atoms with Crippen molar-refractivity contribution in [2.24, 2.45) is 11.7 Å². The Labute approximate surface area is 238 Å². The molecule has 2 amide bonds. The Balaban J connectivity index is 1.76. The van der Waals surface area contributed by atoms with Gasteiger partial charge in [-0.15, -0.1) is 0 Å². The number of aromatic nitrogens is 1. The predicted octanol–water partition coefficient (Wildman–Crippen LogP) is 3.28. The summed E-state index contributed by atoms with van der Waals surface area (Å²) in [7, 11) is 1.67. The summed E-state index contributed by atoms with van der Waals surface area (Å²) in [6.45, 7) is 1.93. The van der Waals surface area contributed by atoms with Crippen LogP contribution in [-0.4, -0.2) is 62.2 Å². The third-order valence-electron chi connectivity index (χ3n) is 7.04. The van der Waals surface area contributed by atoms with Crippen LogP contribution in [0.5, 0.6) is 5.75 Å². The van der Waals surface area contributed by atoms with Gasteiger partial charge < -0.3 is 25.5 Å². The highest BCUT2D eigenvalue weighted by molar-refractivity contribution is 8.26. The number of nitrogens with one attached hydrogen (secondary N) is 5. The van der Waals surface area contributed by atoms with Gasteiger partial charge in [-0.2, -0.15) is 0 Å². The highest BCUT2D eigenvalue weighted by Gasteiger charge is 2.43. The molecule has 1 saturated carbocycles. The minimum atomic E-state index is -1.07. The van der Waals surface area contributed by atoms with Gasteiger partial charge in [0.2, 0.25) is 5.43 Å². The van der Waals surface area contributed by atoms with Crippen LogP contribution in [0, 0.1) is 33.8 Å². The summed E-state index contributed by atoms with van der Waals surface area (Å²) in [5.74, 6) is -3.80. The number of carbonyl (C=O) groups is 2. The van der Waals surface area contributed by atoms with Crippen LogP contribution in [0.1, 0.15) is 54.2 Å². The van der Waals surface area contributed by atoms with Gasteiger partial charge >= 0.3 is 6.09 Å². The quantitative estimate of drug-likeness (QED) is 0.138. The molecule has 1 aliphatic carbocycles. The molecule has 1 aromatic carbocycles. The lowest BCUT2D eigenvalue weighted by atomic mass is 9.80. The van der Waals surface area contributed by atoms with Crippen LogP contribution in [-0.2, 0) is 11.2 Å². The van der Waals surface area contributed by atoms with E-state index in [0.29, 0.717) is 43.5 Å². The summed E-state index contributed by atoms with van der Waals surface area (Å²) in [5, 5.41) is 37.5. The number of primary amides is 1. The number of nitrogens with zero attached hydrogens (tertiary/aromatic N) is 1. The first kappa shape index (κ1) is 31.4. The predicted molar refractivity (Wildman–Crippen MR) is 150 cm³/mol. The molecule has 0 bridgehead atoms. The van der Waals surface area contributed by atoms with Crippen molar-refractivity contribution in [3.8, 4) is 5.75 Å². The maximum atomic E-state index is 13.9. The summed E-state index contributed by atoms with van der Waals surface area (Å²) in [6, 6.07) is 2.92. The number of thioether (sulfide) groups is 1. The maximum absolute atomic E-state index is 13.9. The average molecular weight is 592 g/mol. The molecule has 3 rings (SSSR count). The molecule has 2 aromatic rings. The molecule has 0 spiro atoms. The highest BCUT2D eigenvalue weighted by atomic mass is 32.2. The van der Waals surface area contributed by atoms with E-state index >= 15 is 0 Å². The van der Waals surface area contributed by atoms with Crippen molar-refractivity contribution in [3.05, 3.63) is 63.1 Å². The normalized spacial score (nSPS) is 18.4. The highest BCUT2D eigenvalue weighted by Crippen LogP contribution is 2.36. The van der Waals surface area contributed by atoms with Gasteiger partial charge in [0, 0.05) is 31.1 Å². The fourth-order valence-corrected chi connectivity index (χ4v) is 5.62. The number of ether oxygens (including phenoxy) is 1. The second-order valence-electron chi connectivity index (χ2n) is 9.41. The van der Waals surface area contributed by atoms with Gasteiger partial charge in [0.05, 0.1) is 16.3 Å². The van der Waals surface area contributed by atoms with Crippen LogP contribution >= 0.6 is 11.8 Å². The van der Waals surface area contributed by atoms with Gasteiger partial charge in [0.25, 0.3) is 5.91 Å². The molecular weight excluding hydrogens is 560 g/mol. The van der Waals surface area contributed by atoms with E-state index in [0.717, 1.165) is 12.3 Å². The molecule has 8 N–H and O–H groups in total. The zero-order valence-electron chi connectivity index (χ0n) is 22.4. The molecule has 1 aliphatic rings. The number of benzene rings is 1. The number of aromatic amines is 1. The topological polar surface area (TPSA) is 209 Å². The van der Waals surface area contributed by atoms with E-state index in [-0.39, 0.29) is 46.6 Å². The number of hydrogen-bond donors (Lipinski definition) is 7. The van der Waals surface area contributed by atoms with Crippen molar-refractivity contribution < 1.29 is 28.2 Å². The number of aromatic hydroxyl groups is 1. The number of hydrogen-bond acceptors (Lipinski definition) is 10. The van der Waals surface area contributed by atoms with Crippen LogP contribution in [0.4, 0.5) is 13.6 Å². The number of rotatable bonds is 8. The van der Waals surface area contributed by atoms with Crippen molar-refractivity contribution in [3.63, 3.8) is 0 Å². The first-order chi connectivity index (χ1) is 19.3. The van der Waals surface area contributed by atoms with E-state index in [1.165, 1.54) is 11.0 Å². The molecule has 0 unspecified atom stereocenters. The summed E-state index contributed by atoms with van der Waals surface area (Å²) in [6.07, 6.45) is 1.33. The summed E-state index contributed by atoms with van der Waals surface area (Å²) >= 11 is 0.553. The van der Waals surface area contributed by atoms with Crippen LogP contribution in [0.15, 0.2) is 29.2 Å². The van der Waals surface area contributed by atoms with Crippen LogP contribution in [0.25, 0.3) is 0 Å². The van der Waals surface area contributed by atoms with Crippen LogP contribution in [0.2, 0.25) is 0 Å². The minimum Gasteiger partial charge on any atom is -0.503 e. The molecule has 0 atom stereocenters. The Bertz CT molecular complexity index is 1440. The summed E-state index contributed by atoms with van der Waals surface area (Å²) < 4.78 is 31.8. The molecular formula is C26H31F2N7O5S. The third-order valence-corrected chi connectivity index (χ3v) is 7.86. The molecule has 1 fully saturated rings. The largest absolute Gasteiger partial charge is 0.503 e. The van der Waals surface area contributed by atoms with E-state index in [4.69, 9.17) is 26.7 Å². The fourth-order valence-electron chi connectivity index (χ4n) is 4.88. The average Bonchev–Trinajstić information content (AvgIpc) is 2.91. The standard InChI is InChI=1S/C26H31F2N7O5S/c1-3-35(26(33-2)8-6-13(7-9-26)22(30)40-25(32)39)24(38)19-21(37)20(36)16(12-34-19)23(31)41-18(29)10-14-4-5-15(27)11-17(14)28/h4-5,11-13,29-31,33,37H,3,6-10H2,1-2H3,(H2,32,39)(H,34,36). The number of halogens is 2. The van der Waals surface area contributed by atoms with Crippen molar-refractivity contribution in [1.82, 2.24) is 15.2 Å². The van der Waals surface area contributed by atoms with Crippen LogP contribution in [0.3, 0.4) is 0 Å². The van der Waals surface area contributed by atoms with Crippen LogP contribution < -0.4 is 16.5 Å². The number of pyridine rings is 1. The SMILES string of the molecule is CCN(C(=O)c1[nH]cc(C(=N)SC(=N)Cc2ccc(F)cc2F)c(=O)c1O)C1(NC)CCC(C(=N)OC(N)=O)CC1. The zero-order chi connectivity index (χ0) is 30.5. The van der Waals surface area contributed by atoms with Crippen molar-refractivity contribution in [1.29, 1.82) is 16.2 Å². The number of nitrogens with two attached hydrogens (primary N) is 1. The van der Waals surface area contributed by atoms with E-state index in [9.17, 15) is 28.3 Å². The van der Waals surface area contributed by atoms with Gasteiger partial charge in [-0.1, -0.05) is 17.8 Å². The Morgan fingerprint density at radius 3 is 2.49 bits per heavy atom. The summed E-state index contributed by atoms with van der Waals surface area (Å²) in [4.78, 5) is 41.6. The second-order valence-corrected chi connectivity index (χ2v) is 10.5. The smallest absolute Gasteiger partial charge is 0.411 e. The monoisotopic (exact) mass is 591 g/mol. The first-order valence-electron chi connectivity index (χ1n) is 12.6. The Morgan fingerprint density at radius 2 is 1.93 bits per heavy atom.